The van der Waals surface area contributed by atoms with Crippen molar-refractivity contribution in [3.8, 4) is 0 Å². The highest BCUT2D eigenvalue weighted by Gasteiger charge is 2.42. The first-order valence-corrected chi connectivity index (χ1v) is 6.60. The third-order valence-corrected chi connectivity index (χ3v) is 4.93. The van der Waals surface area contributed by atoms with Gasteiger partial charge in [-0.1, -0.05) is 18.9 Å². The van der Waals surface area contributed by atoms with E-state index >= 15 is 0 Å². The van der Waals surface area contributed by atoms with E-state index in [0.717, 1.165) is 10.2 Å². The maximum Gasteiger partial charge on any atom is 0.0499 e. The molecule has 3 rings (SSSR count). The molecule has 0 heterocycles. The van der Waals surface area contributed by atoms with Gasteiger partial charge in [0.05, 0.1) is 0 Å². The van der Waals surface area contributed by atoms with Crippen LogP contribution in [0, 0.1) is 0 Å². The van der Waals surface area contributed by atoms with Gasteiger partial charge >= 0.3 is 0 Å². The maximum absolute atomic E-state index is 6.24. The second kappa shape index (κ2) is 3.24. The molecule has 2 aliphatic carbocycles. The average molecular weight is 266 g/mol. The summed E-state index contributed by atoms with van der Waals surface area (Å²) in [6.07, 6.45) is 8.01. The summed E-state index contributed by atoms with van der Waals surface area (Å²) < 4.78 is 1.08. The molecule has 0 aliphatic heterocycles. The lowest BCUT2D eigenvalue weighted by Gasteiger charge is -2.26. The Morgan fingerprint density at radius 1 is 1.13 bits per heavy atom. The van der Waals surface area contributed by atoms with E-state index in [1.165, 1.54) is 49.7 Å². The number of halogens is 1. The normalized spacial score (nSPS) is 22.2. The molecule has 80 valence electrons. The van der Waals surface area contributed by atoms with E-state index in [9.17, 15) is 0 Å². The molecular weight excluding hydrogens is 250 g/mol. The topological polar surface area (TPSA) is 26.0 Å². The van der Waals surface area contributed by atoms with Gasteiger partial charge in [0.2, 0.25) is 0 Å². The van der Waals surface area contributed by atoms with Gasteiger partial charge in [-0.25, -0.2) is 0 Å². The van der Waals surface area contributed by atoms with Gasteiger partial charge in [0.15, 0.2) is 0 Å². The largest absolute Gasteiger partial charge is 0.398 e. The van der Waals surface area contributed by atoms with E-state index in [1.807, 2.05) is 0 Å². The van der Waals surface area contributed by atoms with Gasteiger partial charge < -0.3 is 5.73 Å². The van der Waals surface area contributed by atoms with Crippen LogP contribution in [-0.4, -0.2) is 0 Å². The van der Waals surface area contributed by atoms with Crippen molar-refractivity contribution in [1.82, 2.24) is 0 Å². The number of hydrogen-bond acceptors (Lipinski definition) is 1. The van der Waals surface area contributed by atoms with Crippen molar-refractivity contribution in [2.45, 2.75) is 43.9 Å². The number of nitrogen functional groups attached to an aromatic ring is 1. The van der Waals surface area contributed by atoms with E-state index in [-0.39, 0.29) is 0 Å². The van der Waals surface area contributed by atoms with Crippen LogP contribution in [0.4, 0.5) is 5.69 Å². The summed E-state index contributed by atoms with van der Waals surface area (Å²) in [5, 5.41) is 0. The molecule has 0 saturated heterocycles. The Labute approximate surface area is 99.2 Å². The van der Waals surface area contributed by atoms with E-state index in [1.54, 1.807) is 0 Å². The molecule has 1 nitrogen and oxygen atoms in total. The molecule has 0 atom stereocenters. The molecule has 0 bridgehead atoms. The second-order valence-corrected chi connectivity index (χ2v) is 5.84. The van der Waals surface area contributed by atoms with Gasteiger partial charge in [0.25, 0.3) is 0 Å². The zero-order chi connectivity index (χ0) is 10.5. The number of fused-ring (bicyclic) bond motifs is 2. The van der Waals surface area contributed by atoms with Crippen molar-refractivity contribution >= 4 is 21.6 Å². The first-order valence-electron chi connectivity index (χ1n) is 5.80. The van der Waals surface area contributed by atoms with E-state index in [4.69, 9.17) is 5.73 Å². The molecule has 0 unspecified atom stereocenters. The molecular formula is C13H16BrN. The van der Waals surface area contributed by atoms with Gasteiger partial charge in [-0.05, 0) is 64.2 Å². The molecule has 1 aromatic carbocycles. The second-order valence-electron chi connectivity index (χ2n) is 4.98. The summed E-state index contributed by atoms with van der Waals surface area (Å²) >= 11 is 3.55. The third-order valence-electron chi connectivity index (χ3n) is 4.24. The number of benzene rings is 1. The van der Waals surface area contributed by atoms with Crippen molar-refractivity contribution in [2.75, 3.05) is 5.73 Å². The molecule has 2 N–H and O–H groups in total. The summed E-state index contributed by atoms with van der Waals surface area (Å²) in [6.45, 7) is 0. The average Bonchev–Trinajstić information content (AvgIpc) is 2.83. The lowest BCUT2D eigenvalue weighted by Crippen LogP contribution is -2.19. The molecule has 0 amide bonds. The van der Waals surface area contributed by atoms with Gasteiger partial charge in [0, 0.05) is 10.2 Å². The minimum Gasteiger partial charge on any atom is -0.398 e. The minimum atomic E-state index is 0.448. The van der Waals surface area contributed by atoms with Crippen LogP contribution in [0.15, 0.2) is 16.6 Å². The van der Waals surface area contributed by atoms with Crippen molar-refractivity contribution in [3.63, 3.8) is 0 Å². The van der Waals surface area contributed by atoms with Crippen LogP contribution >= 0.6 is 15.9 Å². The maximum atomic E-state index is 6.24. The Morgan fingerprint density at radius 2 is 1.87 bits per heavy atom. The summed E-state index contributed by atoms with van der Waals surface area (Å²) in [7, 11) is 0. The monoisotopic (exact) mass is 265 g/mol. The van der Waals surface area contributed by atoms with Crippen LogP contribution in [0.1, 0.15) is 43.2 Å². The standard InChI is InChI=1S/C13H16BrN/c14-10-4-3-9-5-8-13(6-1-2-7-13)11(9)12(10)15/h3-4H,1-2,5-8,15H2. The van der Waals surface area contributed by atoms with Crippen LogP contribution in [0.5, 0.6) is 0 Å². The van der Waals surface area contributed by atoms with Crippen molar-refractivity contribution in [2.24, 2.45) is 0 Å². The molecule has 2 aliphatic rings. The quantitative estimate of drug-likeness (QED) is 0.710. The lowest BCUT2D eigenvalue weighted by atomic mass is 9.79. The van der Waals surface area contributed by atoms with Gasteiger partial charge in [-0.2, -0.15) is 0 Å². The lowest BCUT2D eigenvalue weighted by molar-refractivity contribution is 0.440. The molecule has 15 heavy (non-hydrogen) atoms. The fourth-order valence-corrected chi connectivity index (χ4v) is 3.85. The molecule has 0 aromatic heterocycles. The van der Waals surface area contributed by atoms with Crippen LogP contribution in [0.25, 0.3) is 0 Å². The van der Waals surface area contributed by atoms with Gasteiger partial charge in [-0.15, -0.1) is 0 Å². The number of nitrogens with two attached hydrogens (primary N) is 1. The minimum absolute atomic E-state index is 0.448. The first kappa shape index (κ1) is 9.71. The molecule has 1 saturated carbocycles. The zero-order valence-corrected chi connectivity index (χ0v) is 10.4. The van der Waals surface area contributed by atoms with Crippen LogP contribution in [0.3, 0.4) is 0 Å². The van der Waals surface area contributed by atoms with E-state index < -0.39 is 0 Å². The summed E-state index contributed by atoms with van der Waals surface area (Å²) in [4.78, 5) is 0. The van der Waals surface area contributed by atoms with Crippen LogP contribution in [0.2, 0.25) is 0 Å². The van der Waals surface area contributed by atoms with Gasteiger partial charge in [0.1, 0.15) is 0 Å². The highest BCUT2D eigenvalue weighted by molar-refractivity contribution is 9.10. The molecule has 0 radical (unpaired) electrons. The molecule has 1 fully saturated rings. The van der Waals surface area contributed by atoms with Crippen LogP contribution in [-0.2, 0) is 11.8 Å². The van der Waals surface area contributed by atoms with E-state index in [2.05, 4.69) is 28.1 Å². The summed E-state index contributed by atoms with van der Waals surface area (Å²) in [6, 6.07) is 4.35. The highest BCUT2D eigenvalue weighted by Crippen LogP contribution is 2.53. The molecule has 1 aromatic rings. The summed E-state index contributed by atoms with van der Waals surface area (Å²) in [5.74, 6) is 0. The fraction of sp³-hybridized carbons (Fsp3) is 0.538. The van der Waals surface area contributed by atoms with Crippen molar-refractivity contribution < 1.29 is 0 Å². The number of rotatable bonds is 0. The first-order chi connectivity index (χ1) is 7.23. The molecule has 1 spiro atoms. The van der Waals surface area contributed by atoms with Crippen molar-refractivity contribution in [3.05, 3.63) is 27.7 Å². The Kier molecular flexibility index (Phi) is 2.10. The summed E-state index contributed by atoms with van der Waals surface area (Å²) in [5.41, 5.74) is 10.7. The predicted octanol–water partition coefficient (Wildman–Crippen LogP) is 3.79. The molecule has 2 heteroatoms. The Bertz CT molecular complexity index is 405. The smallest absolute Gasteiger partial charge is 0.0499 e. The van der Waals surface area contributed by atoms with E-state index in [0.29, 0.717) is 5.41 Å². The Hall–Kier alpha value is -0.500. The zero-order valence-electron chi connectivity index (χ0n) is 8.85. The highest BCUT2D eigenvalue weighted by atomic mass is 79.9. The fourth-order valence-electron chi connectivity index (χ4n) is 3.52. The number of hydrogen-bond donors (Lipinski definition) is 1. The van der Waals surface area contributed by atoms with Gasteiger partial charge in [-0.3, -0.25) is 0 Å². The van der Waals surface area contributed by atoms with Crippen LogP contribution < -0.4 is 5.73 Å². The van der Waals surface area contributed by atoms with Crippen molar-refractivity contribution in [1.29, 1.82) is 0 Å². The Balaban J connectivity index is 2.19. The number of aryl methyl sites for hydroxylation is 1. The Morgan fingerprint density at radius 3 is 2.60 bits per heavy atom. The third kappa shape index (κ3) is 1.27. The predicted molar refractivity (Wildman–Crippen MR) is 67.0 cm³/mol. The number of anilines is 1. The SMILES string of the molecule is Nc1c(Br)ccc2c1C1(CCCC1)CC2.